The number of rotatable bonds is 2. The van der Waals surface area contributed by atoms with Gasteiger partial charge in [-0.25, -0.2) is 0 Å². The van der Waals surface area contributed by atoms with Gasteiger partial charge in [0.15, 0.2) is 17.5 Å². The first-order chi connectivity index (χ1) is 7.76. The van der Waals surface area contributed by atoms with Gasteiger partial charge in [-0.1, -0.05) is 0 Å². The zero-order chi connectivity index (χ0) is 13.2. The highest BCUT2D eigenvalue weighted by Crippen LogP contribution is 2.35. The van der Waals surface area contributed by atoms with Crippen molar-refractivity contribution in [1.29, 1.82) is 5.26 Å². The molecule has 0 bridgehead atoms. The van der Waals surface area contributed by atoms with E-state index in [2.05, 4.69) is 25.7 Å². The molecule has 0 unspecified atom stereocenters. The molecular weight excluding hydrogens is 311 g/mol. The van der Waals surface area contributed by atoms with Gasteiger partial charge in [-0.15, -0.1) is 13.2 Å². The number of nitriles is 1. The Bertz CT molecular complexity index is 512. The van der Waals surface area contributed by atoms with Gasteiger partial charge >= 0.3 is 12.2 Å². The van der Waals surface area contributed by atoms with Crippen LogP contribution in [0.3, 0.4) is 0 Å². The predicted molar refractivity (Wildman–Crippen MR) is 50.0 cm³/mol. The molecular formula is C7HBrF3N3O3. The minimum absolute atomic E-state index is 0.473. The summed E-state index contributed by atoms with van der Waals surface area (Å²) in [7, 11) is 0. The number of hydrogen-bond acceptors (Lipinski definition) is 5. The molecule has 0 radical (unpaired) electrons. The van der Waals surface area contributed by atoms with Gasteiger partial charge in [-0.2, -0.15) is 5.26 Å². The van der Waals surface area contributed by atoms with Crippen LogP contribution in [0.25, 0.3) is 0 Å². The highest BCUT2D eigenvalue weighted by atomic mass is 79.9. The Labute approximate surface area is 99.9 Å². The van der Waals surface area contributed by atoms with Crippen molar-refractivity contribution in [2.24, 2.45) is 0 Å². The van der Waals surface area contributed by atoms with Gasteiger partial charge in [-0.3, -0.25) is 0 Å². The Balaban J connectivity index is 3.32. The zero-order valence-electron chi connectivity index (χ0n) is 7.66. The molecule has 0 spiro atoms. The van der Waals surface area contributed by atoms with Crippen molar-refractivity contribution in [2.45, 2.75) is 6.36 Å². The standard InChI is InChI=1S/C7HBrF3N3O3/c8-5-3(1-12)6(14(15)16)13-2-4(5)17-7(9,10)11/h2H. The van der Waals surface area contributed by atoms with E-state index in [-0.39, 0.29) is 0 Å². The van der Waals surface area contributed by atoms with Crippen molar-refractivity contribution in [3.8, 4) is 11.8 Å². The Morgan fingerprint density at radius 2 is 2.18 bits per heavy atom. The lowest BCUT2D eigenvalue weighted by Gasteiger charge is -2.09. The molecule has 0 atom stereocenters. The molecule has 6 nitrogen and oxygen atoms in total. The Morgan fingerprint density at radius 1 is 1.59 bits per heavy atom. The Morgan fingerprint density at radius 3 is 2.59 bits per heavy atom. The van der Waals surface area contributed by atoms with E-state index >= 15 is 0 Å². The van der Waals surface area contributed by atoms with Crippen molar-refractivity contribution >= 4 is 21.7 Å². The fourth-order valence-corrected chi connectivity index (χ4v) is 1.34. The van der Waals surface area contributed by atoms with Gasteiger partial charge in [0, 0.05) is 0 Å². The van der Waals surface area contributed by atoms with Crippen LogP contribution in [0.2, 0.25) is 0 Å². The smallest absolute Gasteiger partial charge is 0.400 e. The Hall–Kier alpha value is -1.89. The van der Waals surface area contributed by atoms with E-state index in [0.29, 0.717) is 6.20 Å². The first-order valence-corrected chi connectivity index (χ1v) is 4.54. The molecule has 0 amide bonds. The molecule has 1 aromatic rings. The quantitative estimate of drug-likeness (QED) is 0.618. The third-order valence-corrected chi connectivity index (χ3v) is 2.26. The third kappa shape index (κ3) is 3.04. The van der Waals surface area contributed by atoms with Crippen molar-refractivity contribution in [2.75, 3.05) is 0 Å². The highest BCUT2D eigenvalue weighted by molar-refractivity contribution is 9.10. The van der Waals surface area contributed by atoms with Crippen LogP contribution in [-0.4, -0.2) is 16.3 Å². The molecule has 0 aliphatic rings. The molecule has 0 saturated heterocycles. The molecule has 0 saturated carbocycles. The van der Waals surface area contributed by atoms with Crippen molar-refractivity contribution < 1.29 is 22.8 Å². The number of hydrogen-bond donors (Lipinski definition) is 0. The van der Waals surface area contributed by atoms with Crippen molar-refractivity contribution in [3.05, 3.63) is 26.3 Å². The molecule has 0 fully saturated rings. The average Bonchev–Trinajstić information content (AvgIpc) is 2.18. The van der Waals surface area contributed by atoms with E-state index in [1.54, 1.807) is 0 Å². The molecule has 0 aliphatic carbocycles. The third-order valence-electron chi connectivity index (χ3n) is 1.47. The lowest BCUT2D eigenvalue weighted by atomic mass is 10.3. The van der Waals surface area contributed by atoms with Gasteiger partial charge in [0.05, 0.1) is 4.47 Å². The van der Waals surface area contributed by atoms with E-state index in [9.17, 15) is 23.3 Å². The lowest BCUT2D eigenvalue weighted by molar-refractivity contribution is -0.390. The van der Waals surface area contributed by atoms with Crippen LogP contribution in [0.1, 0.15) is 5.56 Å². The zero-order valence-corrected chi connectivity index (χ0v) is 9.24. The summed E-state index contributed by atoms with van der Waals surface area (Å²) in [5.41, 5.74) is -0.642. The predicted octanol–water partition coefficient (Wildman–Crippen LogP) is 2.52. The van der Waals surface area contributed by atoms with Crippen LogP contribution >= 0.6 is 15.9 Å². The fourth-order valence-electron chi connectivity index (χ4n) is 0.896. The highest BCUT2D eigenvalue weighted by Gasteiger charge is 2.34. The van der Waals surface area contributed by atoms with E-state index < -0.39 is 32.9 Å². The second-order valence-corrected chi connectivity index (χ2v) is 3.34. The number of aromatic nitrogens is 1. The fraction of sp³-hybridized carbons (Fsp3) is 0.143. The molecule has 1 aromatic heterocycles. The minimum Gasteiger partial charge on any atom is -0.400 e. The SMILES string of the molecule is N#Cc1c([N+](=O)[O-])ncc(OC(F)(F)F)c1Br. The van der Waals surface area contributed by atoms with E-state index in [1.807, 2.05) is 0 Å². The van der Waals surface area contributed by atoms with Gasteiger partial charge in [-0.05, 0) is 25.8 Å². The van der Waals surface area contributed by atoms with Crippen molar-refractivity contribution in [3.63, 3.8) is 0 Å². The number of alkyl halides is 3. The summed E-state index contributed by atoms with van der Waals surface area (Å²) in [6.45, 7) is 0. The lowest BCUT2D eigenvalue weighted by Crippen LogP contribution is -2.18. The minimum atomic E-state index is -4.98. The van der Waals surface area contributed by atoms with Crippen LogP contribution in [0.5, 0.6) is 5.75 Å². The molecule has 0 aromatic carbocycles. The second kappa shape index (κ2) is 4.54. The maximum absolute atomic E-state index is 11.9. The summed E-state index contributed by atoms with van der Waals surface area (Å²) < 4.78 is 38.8. The Kier molecular flexibility index (Phi) is 3.52. The molecule has 17 heavy (non-hydrogen) atoms. The van der Waals surface area contributed by atoms with E-state index in [1.165, 1.54) is 6.07 Å². The number of ether oxygens (including phenoxy) is 1. The summed E-state index contributed by atoms with van der Waals surface area (Å²) >= 11 is 2.62. The first kappa shape index (κ1) is 13.2. The van der Waals surface area contributed by atoms with E-state index in [0.717, 1.165) is 0 Å². The maximum Gasteiger partial charge on any atom is 0.573 e. The van der Waals surface area contributed by atoms with Gasteiger partial charge in [0.25, 0.3) is 0 Å². The topological polar surface area (TPSA) is 89.0 Å². The molecule has 0 N–H and O–H groups in total. The van der Waals surface area contributed by atoms with Crippen LogP contribution in [0.4, 0.5) is 19.0 Å². The summed E-state index contributed by atoms with van der Waals surface area (Å²) in [6.07, 6.45) is -4.47. The number of nitro groups is 1. The number of pyridine rings is 1. The normalized spacial score (nSPS) is 10.8. The largest absolute Gasteiger partial charge is 0.573 e. The van der Waals surface area contributed by atoms with Crippen LogP contribution in [-0.2, 0) is 0 Å². The van der Waals surface area contributed by atoms with Crippen LogP contribution < -0.4 is 4.74 Å². The molecule has 1 heterocycles. The molecule has 90 valence electrons. The van der Waals surface area contributed by atoms with Gasteiger partial charge in [0.2, 0.25) is 0 Å². The van der Waals surface area contributed by atoms with Crippen LogP contribution in [0.15, 0.2) is 10.7 Å². The van der Waals surface area contributed by atoms with Crippen molar-refractivity contribution in [1.82, 2.24) is 4.98 Å². The second-order valence-electron chi connectivity index (χ2n) is 2.55. The molecule has 10 heteroatoms. The van der Waals surface area contributed by atoms with Crippen LogP contribution in [0, 0.1) is 21.4 Å². The number of nitrogens with zero attached hydrogens (tertiary/aromatic N) is 3. The summed E-state index contributed by atoms with van der Waals surface area (Å²) in [6, 6.07) is 1.37. The summed E-state index contributed by atoms with van der Waals surface area (Å²) in [5.74, 6) is -1.67. The van der Waals surface area contributed by atoms with Gasteiger partial charge < -0.3 is 14.9 Å². The maximum atomic E-state index is 11.9. The number of halogens is 4. The average molecular weight is 312 g/mol. The first-order valence-electron chi connectivity index (χ1n) is 3.75. The molecule has 1 rings (SSSR count). The summed E-state index contributed by atoms with van der Waals surface area (Å²) in [5, 5.41) is 19.0. The van der Waals surface area contributed by atoms with Gasteiger partial charge in [0.1, 0.15) is 6.07 Å². The van der Waals surface area contributed by atoms with E-state index in [4.69, 9.17) is 5.26 Å². The summed E-state index contributed by atoms with van der Waals surface area (Å²) in [4.78, 5) is 12.6. The monoisotopic (exact) mass is 311 g/mol. The molecule has 0 aliphatic heterocycles.